The molecule has 2 rings (SSSR count). The minimum atomic E-state index is 0.185. The van der Waals surface area contributed by atoms with Crippen molar-refractivity contribution in [3.63, 3.8) is 0 Å². The average molecular weight is 240 g/mol. The van der Waals surface area contributed by atoms with E-state index < -0.39 is 0 Å². The first kappa shape index (κ1) is 11.7. The molecular weight excluding hydrogens is 222 g/mol. The van der Waals surface area contributed by atoms with Gasteiger partial charge in [-0.05, 0) is 49.4 Å². The molecule has 88 valence electrons. The second-order valence-electron chi connectivity index (χ2n) is 4.69. The Morgan fingerprint density at radius 2 is 2.06 bits per heavy atom. The number of benzene rings is 1. The van der Waals surface area contributed by atoms with Gasteiger partial charge in [-0.25, -0.2) is 0 Å². The Balaban J connectivity index is 2.59. The molecule has 0 spiro atoms. The summed E-state index contributed by atoms with van der Waals surface area (Å²) < 4.78 is 5.27. The summed E-state index contributed by atoms with van der Waals surface area (Å²) in [7, 11) is 1.65. The number of halogens is 1. The summed E-state index contributed by atoms with van der Waals surface area (Å²) in [6.45, 7) is 4.87. The Bertz CT molecular complexity index is 424. The number of methoxy groups -OCH3 is 1. The van der Waals surface area contributed by atoms with E-state index in [4.69, 9.17) is 22.1 Å². The van der Waals surface area contributed by atoms with Gasteiger partial charge in [-0.2, -0.15) is 0 Å². The van der Waals surface area contributed by atoms with E-state index in [1.807, 2.05) is 6.07 Å². The summed E-state index contributed by atoms with van der Waals surface area (Å²) in [5, 5.41) is 0.725. The van der Waals surface area contributed by atoms with Crippen molar-refractivity contribution in [2.24, 2.45) is 5.73 Å². The molecule has 16 heavy (non-hydrogen) atoms. The molecule has 0 bridgehead atoms. The van der Waals surface area contributed by atoms with Crippen LogP contribution in [-0.2, 0) is 5.41 Å². The van der Waals surface area contributed by atoms with E-state index in [9.17, 15) is 0 Å². The van der Waals surface area contributed by atoms with Gasteiger partial charge in [-0.1, -0.05) is 11.6 Å². The first-order valence-electron chi connectivity index (χ1n) is 5.60. The van der Waals surface area contributed by atoms with Gasteiger partial charge in [0, 0.05) is 12.0 Å². The van der Waals surface area contributed by atoms with E-state index in [2.05, 4.69) is 13.8 Å². The highest BCUT2D eigenvalue weighted by molar-refractivity contribution is 6.33. The van der Waals surface area contributed by atoms with Crippen LogP contribution in [0.15, 0.2) is 6.07 Å². The minimum absolute atomic E-state index is 0.185. The highest BCUT2D eigenvalue weighted by atomic mass is 35.5. The van der Waals surface area contributed by atoms with Crippen LogP contribution >= 0.6 is 11.6 Å². The van der Waals surface area contributed by atoms with Crippen LogP contribution in [0.3, 0.4) is 0 Å². The Labute approximate surface area is 102 Å². The normalized spacial score (nSPS) is 17.3. The van der Waals surface area contributed by atoms with Crippen LogP contribution in [0, 0.1) is 13.8 Å². The van der Waals surface area contributed by atoms with Crippen molar-refractivity contribution in [3.8, 4) is 5.75 Å². The van der Waals surface area contributed by atoms with E-state index in [0.29, 0.717) is 6.54 Å². The van der Waals surface area contributed by atoms with Crippen LogP contribution < -0.4 is 10.5 Å². The lowest BCUT2D eigenvalue weighted by molar-refractivity contribution is 0.414. The first-order valence-corrected chi connectivity index (χ1v) is 5.98. The van der Waals surface area contributed by atoms with E-state index in [-0.39, 0.29) is 5.41 Å². The molecule has 3 heteroatoms. The molecule has 0 amide bonds. The van der Waals surface area contributed by atoms with Gasteiger partial charge >= 0.3 is 0 Å². The van der Waals surface area contributed by atoms with Gasteiger partial charge in [0.15, 0.2) is 0 Å². The van der Waals surface area contributed by atoms with Crippen LogP contribution in [0.5, 0.6) is 5.75 Å². The molecule has 0 aliphatic heterocycles. The van der Waals surface area contributed by atoms with Crippen LogP contribution in [0.25, 0.3) is 0 Å². The van der Waals surface area contributed by atoms with E-state index in [1.165, 1.54) is 24.0 Å². The van der Waals surface area contributed by atoms with Crippen molar-refractivity contribution in [2.75, 3.05) is 13.7 Å². The molecule has 1 aliphatic carbocycles. The molecule has 0 heterocycles. The molecule has 1 fully saturated rings. The van der Waals surface area contributed by atoms with Crippen molar-refractivity contribution < 1.29 is 4.74 Å². The molecule has 0 atom stereocenters. The maximum atomic E-state index is 6.30. The Hall–Kier alpha value is -0.730. The van der Waals surface area contributed by atoms with Gasteiger partial charge in [0.1, 0.15) is 5.75 Å². The summed E-state index contributed by atoms with van der Waals surface area (Å²) in [6.07, 6.45) is 2.35. The molecule has 2 nitrogen and oxygen atoms in total. The quantitative estimate of drug-likeness (QED) is 0.880. The van der Waals surface area contributed by atoms with Crippen molar-refractivity contribution in [2.45, 2.75) is 32.1 Å². The average Bonchev–Trinajstić information content (AvgIpc) is 3.04. The highest BCUT2D eigenvalue weighted by Crippen LogP contribution is 2.51. The van der Waals surface area contributed by atoms with E-state index >= 15 is 0 Å². The minimum Gasteiger partial charge on any atom is -0.495 e. The lowest BCUT2D eigenvalue weighted by Gasteiger charge is -2.21. The Kier molecular flexibility index (Phi) is 2.89. The van der Waals surface area contributed by atoms with E-state index in [0.717, 1.165) is 16.3 Å². The second-order valence-corrected chi connectivity index (χ2v) is 5.07. The molecule has 1 aromatic carbocycles. The number of hydrogen-bond acceptors (Lipinski definition) is 2. The van der Waals surface area contributed by atoms with E-state index in [1.54, 1.807) is 7.11 Å². The summed E-state index contributed by atoms with van der Waals surface area (Å²) in [5.74, 6) is 0.758. The second kappa shape index (κ2) is 3.94. The fourth-order valence-electron chi connectivity index (χ4n) is 2.59. The smallest absolute Gasteiger partial charge is 0.138 e. The summed E-state index contributed by atoms with van der Waals surface area (Å²) in [4.78, 5) is 0. The summed E-state index contributed by atoms with van der Waals surface area (Å²) >= 11 is 6.30. The molecule has 0 radical (unpaired) electrons. The maximum absolute atomic E-state index is 6.30. The van der Waals surface area contributed by atoms with Crippen molar-refractivity contribution in [3.05, 3.63) is 27.8 Å². The van der Waals surface area contributed by atoms with Gasteiger partial charge in [0.05, 0.1) is 12.1 Å². The predicted molar refractivity (Wildman–Crippen MR) is 67.4 cm³/mol. The highest BCUT2D eigenvalue weighted by Gasteiger charge is 2.45. The molecular formula is C13H18ClNO. The SMILES string of the molecule is COc1cc(C)c(C2(CN)CC2)c(C)c1Cl. The Morgan fingerprint density at radius 3 is 2.50 bits per heavy atom. The van der Waals surface area contributed by atoms with Gasteiger partial charge < -0.3 is 10.5 Å². The maximum Gasteiger partial charge on any atom is 0.138 e. The standard InChI is InChI=1S/C13H18ClNO/c1-8-6-10(16-3)12(14)9(2)11(8)13(7-15)4-5-13/h6H,4-5,7,15H2,1-3H3. The fourth-order valence-corrected chi connectivity index (χ4v) is 2.82. The molecule has 1 saturated carbocycles. The van der Waals surface area contributed by atoms with Gasteiger partial charge in [-0.15, -0.1) is 0 Å². The van der Waals surface area contributed by atoms with Crippen molar-refractivity contribution in [1.82, 2.24) is 0 Å². The first-order chi connectivity index (χ1) is 7.55. The number of aryl methyl sites for hydroxylation is 1. The largest absolute Gasteiger partial charge is 0.495 e. The lowest BCUT2D eigenvalue weighted by atomic mass is 9.88. The lowest BCUT2D eigenvalue weighted by Crippen LogP contribution is -2.22. The van der Waals surface area contributed by atoms with Gasteiger partial charge in [-0.3, -0.25) is 0 Å². The van der Waals surface area contributed by atoms with Crippen LogP contribution in [0.2, 0.25) is 5.02 Å². The molecule has 1 aromatic rings. The zero-order chi connectivity index (χ0) is 11.9. The van der Waals surface area contributed by atoms with Crippen LogP contribution in [0.4, 0.5) is 0 Å². The zero-order valence-electron chi connectivity index (χ0n) is 10.1. The fraction of sp³-hybridized carbons (Fsp3) is 0.538. The zero-order valence-corrected chi connectivity index (χ0v) is 10.8. The number of rotatable bonds is 3. The summed E-state index contributed by atoms with van der Waals surface area (Å²) in [5.41, 5.74) is 9.77. The molecule has 0 aromatic heterocycles. The molecule has 1 aliphatic rings. The topological polar surface area (TPSA) is 35.2 Å². The third-order valence-electron chi connectivity index (χ3n) is 3.66. The molecule has 0 saturated heterocycles. The molecule has 0 unspecified atom stereocenters. The predicted octanol–water partition coefficient (Wildman–Crippen LogP) is 2.96. The van der Waals surface area contributed by atoms with Gasteiger partial charge in [0.25, 0.3) is 0 Å². The monoisotopic (exact) mass is 239 g/mol. The Morgan fingerprint density at radius 1 is 1.44 bits per heavy atom. The van der Waals surface area contributed by atoms with Gasteiger partial charge in [0.2, 0.25) is 0 Å². The summed E-state index contributed by atoms with van der Waals surface area (Å²) in [6, 6.07) is 2.01. The number of nitrogens with two attached hydrogens (primary N) is 1. The van der Waals surface area contributed by atoms with Crippen LogP contribution in [-0.4, -0.2) is 13.7 Å². The molecule has 2 N–H and O–H groups in total. The number of hydrogen-bond donors (Lipinski definition) is 1. The van der Waals surface area contributed by atoms with Crippen LogP contribution in [0.1, 0.15) is 29.5 Å². The third kappa shape index (κ3) is 1.61. The van der Waals surface area contributed by atoms with Crippen molar-refractivity contribution >= 4 is 11.6 Å². The van der Waals surface area contributed by atoms with Crippen molar-refractivity contribution in [1.29, 1.82) is 0 Å². The third-order valence-corrected chi connectivity index (χ3v) is 4.13. The number of ether oxygens (including phenoxy) is 1.